The summed E-state index contributed by atoms with van der Waals surface area (Å²) < 4.78 is 6.34. The third-order valence-corrected chi connectivity index (χ3v) is 4.42. The van der Waals surface area contributed by atoms with E-state index in [1.165, 1.54) is 12.1 Å². The normalized spacial score (nSPS) is 10.7. The molecule has 3 aromatic heterocycles. The summed E-state index contributed by atoms with van der Waals surface area (Å²) >= 11 is 0. The average molecular weight is 402 g/mol. The van der Waals surface area contributed by atoms with Gasteiger partial charge in [-0.25, -0.2) is 4.68 Å². The van der Waals surface area contributed by atoms with E-state index in [1.54, 1.807) is 24.5 Å². The van der Waals surface area contributed by atoms with E-state index in [2.05, 4.69) is 25.5 Å². The predicted molar refractivity (Wildman–Crippen MR) is 109 cm³/mol. The van der Waals surface area contributed by atoms with Crippen LogP contribution in [-0.4, -0.2) is 30.8 Å². The Morgan fingerprint density at radius 2 is 1.90 bits per heavy atom. The van der Waals surface area contributed by atoms with Gasteiger partial charge in [0.1, 0.15) is 12.2 Å². The first-order valence-electron chi connectivity index (χ1n) is 9.34. The highest BCUT2D eigenvalue weighted by Crippen LogP contribution is 2.19. The van der Waals surface area contributed by atoms with Gasteiger partial charge < -0.3 is 9.84 Å². The summed E-state index contributed by atoms with van der Waals surface area (Å²) in [7, 11) is 0. The molecule has 0 aliphatic heterocycles. The monoisotopic (exact) mass is 402 g/mol. The van der Waals surface area contributed by atoms with Crippen molar-refractivity contribution < 1.29 is 9.32 Å². The largest absolute Gasteiger partial charge is 0.332 e. The van der Waals surface area contributed by atoms with Crippen molar-refractivity contribution in [2.45, 2.75) is 19.9 Å². The highest BCUT2D eigenvalue weighted by molar-refractivity contribution is 5.91. The number of aromatic nitrogens is 5. The van der Waals surface area contributed by atoms with Crippen LogP contribution in [0.3, 0.4) is 0 Å². The number of nitrogens with zero attached hydrogens (tertiary/aromatic N) is 5. The number of para-hydroxylation sites is 1. The minimum Gasteiger partial charge on any atom is -0.332 e. The molecule has 0 unspecified atom stereocenters. The summed E-state index contributed by atoms with van der Waals surface area (Å²) in [5.74, 6) is 0.166. The Balaban J connectivity index is 1.55. The Hall–Kier alpha value is -4.14. The average Bonchev–Trinajstić information content (AvgIpc) is 3.26. The number of hydrogen-bond donors (Lipinski definition) is 1. The Morgan fingerprint density at radius 1 is 1.10 bits per heavy atom. The second-order valence-corrected chi connectivity index (χ2v) is 6.43. The van der Waals surface area contributed by atoms with Crippen molar-refractivity contribution in [3.8, 4) is 23.0 Å². The van der Waals surface area contributed by atoms with Gasteiger partial charge in [0.15, 0.2) is 0 Å². The number of aryl methyl sites for hydroxylation is 1. The lowest BCUT2D eigenvalue weighted by molar-refractivity contribution is -0.117. The zero-order valence-corrected chi connectivity index (χ0v) is 16.1. The molecule has 1 aromatic carbocycles. The molecule has 0 saturated heterocycles. The number of nitrogens with one attached hydrogen (secondary N) is 1. The van der Waals surface area contributed by atoms with Crippen LogP contribution in [0, 0.1) is 0 Å². The van der Waals surface area contributed by atoms with E-state index in [-0.39, 0.29) is 18.3 Å². The molecule has 9 heteroatoms. The molecule has 150 valence electrons. The lowest BCUT2D eigenvalue weighted by Crippen LogP contribution is -2.29. The predicted octanol–water partition coefficient (Wildman–Crippen LogP) is 2.56. The molecule has 4 rings (SSSR count). The fourth-order valence-corrected chi connectivity index (χ4v) is 2.90. The van der Waals surface area contributed by atoms with Crippen molar-refractivity contribution in [2.75, 3.05) is 5.32 Å². The van der Waals surface area contributed by atoms with E-state index in [9.17, 15) is 9.59 Å². The Morgan fingerprint density at radius 3 is 2.70 bits per heavy atom. The van der Waals surface area contributed by atoms with E-state index in [0.717, 1.165) is 22.2 Å². The summed E-state index contributed by atoms with van der Waals surface area (Å²) in [5, 5.41) is 11.0. The van der Waals surface area contributed by atoms with Crippen LogP contribution in [0.15, 0.2) is 70.2 Å². The van der Waals surface area contributed by atoms with Crippen LogP contribution < -0.4 is 10.9 Å². The van der Waals surface area contributed by atoms with Crippen LogP contribution in [0.5, 0.6) is 0 Å². The van der Waals surface area contributed by atoms with Gasteiger partial charge in [-0.2, -0.15) is 10.1 Å². The van der Waals surface area contributed by atoms with E-state index in [0.29, 0.717) is 17.2 Å². The molecule has 0 fully saturated rings. The number of benzene rings is 1. The third-order valence-electron chi connectivity index (χ3n) is 4.42. The molecule has 0 radical (unpaired) electrons. The molecular weight excluding hydrogens is 384 g/mol. The number of rotatable bonds is 6. The molecule has 30 heavy (non-hydrogen) atoms. The fourth-order valence-electron chi connectivity index (χ4n) is 2.90. The maximum Gasteiger partial charge on any atom is 0.278 e. The molecule has 3 heterocycles. The van der Waals surface area contributed by atoms with Crippen LogP contribution in [0.1, 0.15) is 12.5 Å². The highest BCUT2D eigenvalue weighted by atomic mass is 16.5. The molecule has 1 N–H and O–H groups in total. The van der Waals surface area contributed by atoms with Crippen molar-refractivity contribution in [1.82, 2.24) is 24.9 Å². The molecule has 9 nitrogen and oxygen atoms in total. The number of carbonyl (C=O) groups is 1. The maximum absolute atomic E-state index is 12.5. The van der Waals surface area contributed by atoms with Crippen molar-refractivity contribution in [1.29, 1.82) is 0 Å². The van der Waals surface area contributed by atoms with Gasteiger partial charge in [-0.1, -0.05) is 30.3 Å². The molecule has 0 saturated carbocycles. The summed E-state index contributed by atoms with van der Waals surface area (Å²) in [6.45, 7) is 1.77. The molecule has 1 amide bonds. The smallest absolute Gasteiger partial charge is 0.278 e. The van der Waals surface area contributed by atoms with Gasteiger partial charge in [0.05, 0.1) is 0 Å². The number of pyridine rings is 1. The third kappa shape index (κ3) is 4.14. The number of amides is 1. The van der Waals surface area contributed by atoms with Gasteiger partial charge in [-0.15, -0.1) is 0 Å². The van der Waals surface area contributed by atoms with E-state index in [4.69, 9.17) is 4.52 Å². The first kappa shape index (κ1) is 19.2. The van der Waals surface area contributed by atoms with Crippen LogP contribution in [0.25, 0.3) is 23.0 Å². The molecule has 0 atom stereocenters. The Bertz CT molecular complexity index is 1230. The first-order chi connectivity index (χ1) is 14.6. The molecule has 4 aromatic rings. The number of hydrogen-bond acceptors (Lipinski definition) is 7. The molecule has 0 aliphatic rings. The van der Waals surface area contributed by atoms with E-state index < -0.39 is 5.56 Å². The molecular formula is C21H18N6O3. The van der Waals surface area contributed by atoms with Gasteiger partial charge in [0.25, 0.3) is 11.4 Å². The SMILES string of the molecule is CCc1ccccc1NC(=O)Cn1nc(-c2nc(-c3ccncc3)no2)ccc1=O. The zero-order chi connectivity index (χ0) is 20.9. The Kier molecular flexibility index (Phi) is 5.42. The molecule has 0 spiro atoms. The van der Waals surface area contributed by atoms with Gasteiger partial charge in [0, 0.05) is 29.7 Å². The summed E-state index contributed by atoms with van der Waals surface area (Å²) in [6.07, 6.45) is 4.03. The highest BCUT2D eigenvalue weighted by Gasteiger charge is 2.15. The van der Waals surface area contributed by atoms with Crippen molar-refractivity contribution in [3.63, 3.8) is 0 Å². The maximum atomic E-state index is 12.5. The zero-order valence-electron chi connectivity index (χ0n) is 16.1. The van der Waals surface area contributed by atoms with Crippen molar-refractivity contribution in [2.24, 2.45) is 0 Å². The second-order valence-electron chi connectivity index (χ2n) is 6.43. The quantitative estimate of drug-likeness (QED) is 0.527. The molecule has 0 bridgehead atoms. The summed E-state index contributed by atoms with van der Waals surface area (Å²) in [4.78, 5) is 32.9. The Labute approximate surface area is 171 Å². The van der Waals surface area contributed by atoms with Gasteiger partial charge in [-0.3, -0.25) is 14.6 Å². The van der Waals surface area contributed by atoms with E-state index in [1.807, 2.05) is 31.2 Å². The minimum absolute atomic E-state index is 0.146. The van der Waals surface area contributed by atoms with Crippen LogP contribution in [-0.2, 0) is 17.8 Å². The standard InChI is InChI=1S/C21H18N6O3/c1-2-14-5-3-4-6-16(14)23-18(28)13-27-19(29)8-7-17(25-27)21-24-20(26-30-21)15-9-11-22-12-10-15/h3-12H,2,13H2,1H3,(H,23,28). The van der Waals surface area contributed by atoms with Crippen LogP contribution >= 0.6 is 0 Å². The van der Waals surface area contributed by atoms with Crippen LogP contribution in [0.2, 0.25) is 0 Å². The topological polar surface area (TPSA) is 116 Å². The number of carbonyl (C=O) groups excluding carboxylic acids is 1. The lowest BCUT2D eigenvalue weighted by Gasteiger charge is -2.10. The van der Waals surface area contributed by atoms with Crippen molar-refractivity contribution >= 4 is 11.6 Å². The second kappa shape index (κ2) is 8.48. The lowest BCUT2D eigenvalue weighted by atomic mass is 10.1. The summed E-state index contributed by atoms with van der Waals surface area (Å²) in [5.41, 5.74) is 2.35. The van der Waals surface area contributed by atoms with E-state index >= 15 is 0 Å². The van der Waals surface area contributed by atoms with Gasteiger partial charge in [0.2, 0.25) is 11.7 Å². The molecule has 0 aliphatic carbocycles. The van der Waals surface area contributed by atoms with Crippen LogP contribution in [0.4, 0.5) is 5.69 Å². The summed E-state index contributed by atoms with van der Waals surface area (Å²) in [6, 6.07) is 13.8. The van der Waals surface area contributed by atoms with Crippen molar-refractivity contribution in [3.05, 3.63) is 76.8 Å². The fraction of sp³-hybridized carbons (Fsp3) is 0.143. The first-order valence-corrected chi connectivity index (χ1v) is 9.34. The van der Waals surface area contributed by atoms with Gasteiger partial charge in [-0.05, 0) is 36.2 Å². The van der Waals surface area contributed by atoms with Gasteiger partial charge >= 0.3 is 0 Å². The number of anilines is 1. The minimum atomic E-state index is -0.411.